The number of hydrogen-bond donors (Lipinski definition) is 6. The molecule has 0 radical (unpaired) electrons. The molecule has 0 spiro atoms. The van der Waals surface area contributed by atoms with Crippen LogP contribution < -0.4 is 57.8 Å². The lowest BCUT2D eigenvalue weighted by atomic mass is 9.79. The van der Waals surface area contributed by atoms with Gasteiger partial charge in [0.05, 0.1) is 46.1 Å². The summed E-state index contributed by atoms with van der Waals surface area (Å²) in [7, 11) is 0. The highest BCUT2D eigenvalue weighted by Gasteiger charge is 2.32. The third kappa shape index (κ3) is 14.7. The van der Waals surface area contributed by atoms with Gasteiger partial charge in [0.15, 0.2) is 0 Å². The normalized spacial score (nSPS) is 16.7. The highest BCUT2D eigenvalue weighted by atomic mass is 16.5. The van der Waals surface area contributed by atoms with Crippen molar-refractivity contribution in [1.82, 2.24) is 21.3 Å². The van der Waals surface area contributed by atoms with E-state index in [1.54, 1.807) is 0 Å². The number of hydrogen-bond acceptors (Lipinski definition) is 10. The number of fused-ring (bicyclic) bond motifs is 8. The monoisotopic (exact) mass is 1270 g/mol. The molecule has 6 N–H and O–H groups in total. The average molecular weight is 1270 g/mol. The molecule has 0 unspecified atom stereocenters. The van der Waals surface area contributed by atoms with Crippen molar-refractivity contribution in [3.05, 3.63) is 209 Å². The van der Waals surface area contributed by atoms with Gasteiger partial charge in [-0.05, 0) is 237 Å². The Morgan fingerprint density at radius 2 is 0.916 bits per heavy atom. The number of benzene rings is 6. The molecular formula is C81H92N8O6. The highest BCUT2D eigenvalue weighted by molar-refractivity contribution is 5.97. The highest BCUT2D eigenvalue weighted by Crippen LogP contribution is 2.45. The number of anilines is 2. The summed E-state index contributed by atoms with van der Waals surface area (Å²) in [6.07, 6.45) is 15.1. The van der Waals surface area contributed by atoms with Crippen molar-refractivity contribution < 1.29 is 28.7 Å². The molecule has 5 aliphatic heterocycles. The lowest BCUT2D eigenvalue weighted by molar-refractivity contribution is -0.121. The van der Waals surface area contributed by atoms with E-state index in [1.165, 1.54) is 55.3 Å². The van der Waals surface area contributed by atoms with Crippen LogP contribution in [-0.4, -0.2) is 85.2 Å². The van der Waals surface area contributed by atoms with E-state index < -0.39 is 0 Å². The summed E-state index contributed by atoms with van der Waals surface area (Å²) in [4.78, 5) is 62.2. The quantitative estimate of drug-likeness (QED) is 0.0362. The maximum Gasteiger partial charge on any atom is 0.251 e. The Bertz CT molecular complexity index is 4240. The van der Waals surface area contributed by atoms with Crippen molar-refractivity contribution in [2.45, 2.75) is 163 Å². The van der Waals surface area contributed by atoms with Crippen LogP contribution in [0.25, 0.3) is 33.4 Å². The molecule has 0 atom stereocenters. The van der Waals surface area contributed by atoms with E-state index in [2.05, 4.69) is 200 Å². The molecule has 6 aromatic carbocycles. The zero-order chi connectivity index (χ0) is 67.1. The molecule has 6 aromatic rings. The molecule has 0 saturated heterocycles. The fourth-order valence-corrected chi connectivity index (χ4v) is 14.7. The molecular weight excluding hydrogens is 1180 g/mol. The summed E-state index contributed by atoms with van der Waals surface area (Å²) in [5, 5.41) is 23.6. The third-order valence-corrected chi connectivity index (χ3v) is 18.8. The van der Waals surface area contributed by atoms with Gasteiger partial charge >= 0.3 is 0 Å². The number of nitrogens with one attached hydrogen (secondary N) is 6. The molecule has 95 heavy (non-hydrogen) atoms. The number of carbonyl (C=O) groups excluding carboxylic acids is 4. The first-order valence-corrected chi connectivity index (χ1v) is 34.1. The molecule has 6 aliphatic rings. The first kappa shape index (κ1) is 65.9. The molecule has 4 amide bonds. The Morgan fingerprint density at radius 3 is 1.44 bits per heavy atom. The van der Waals surface area contributed by atoms with Gasteiger partial charge in [0.25, 0.3) is 11.8 Å². The number of allylic oxidation sites excluding steroid dienone is 4. The minimum absolute atomic E-state index is 0.0390. The van der Waals surface area contributed by atoms with E-state index >= 15 is 0 Å². The number of amides is 4. The van der Waals surface area contributed by atoms with E-state index in [1.807, 2.05) is 36.4 Å². The fourth-order valence-electron chi connectivity index (χ4n) is 14.7. The first-order chi connectivity index (χ1) is 45.3. The number of unbranched alkanes of at least 4 members (excludes halogenated alkanes) is 4. The van der Waals surface area contributed by atoms with Gasteiger partial charge in [-0.3, -0.25) is 29.2 Å². The van der Waals surface area contributed by atoms with Crippen LogP contribution in [-0.2, 0) is 20.7 Å². The second kappa shape index (κ2) is 26.6. The van der Waals surface area contributed by atoms with E-state index in [-0.39, 0.29) is 45.8 Å². The number of rotatable bonds is 22. The number of ether oxygens (including phenoxy) is 2. The lowest BCUT2D eigenvalue weighted by Gasteiger charge is -2.33. The minimum Gasteiger partial charge on any atom is -0.456 e. The number of nitrogens with zero attached hydrogens (tertiary/aromatic N) is 2. The van der Waals surface area contributed by atoms with Gasteiger partial charge in [-0.1, -0.05) is 61.4 Å². The van der Waals surface area contributed by atoms with Gasteiger partial charge in [-0.2, -0.15) is 0 Å². The SMILES string of the molecule is CC1=CC(C)(C)Nc2cc3c(cc21)C(c1ccc(C(=O)NCCCCCC(=O)NCCOCCNC(=O)CCCCCNC(=O)c2ccc(C4=c5cc6c(cc5Oc5cc7c(cc54)C(C)=CC(C)(C)N7)=NC(C)(C)C=C6C)cc2)cc1)=c1cc2c(cc1C3)=NC(C)(C)C=C2C. The van der Waals surface area contributed by atoms with Crippen molar-refractivity contribution in [2.75, 3.05) is 50.0 Å². The van der Waals surface area contributed by atoms with Crippen LogP contribution in [0.3, 0.4) is 0 Å². The Kier molecular flexibility index (Phi) is 18.4. The molecule has 0 aromatic heterocycles. The topological polar surface area (TPSA) is 184 Å². The lowest BCUT2D eigenvalue weighted by Crippen LogP contribution is -2.33. The van der Waals surface area contributed by atoms with Crippen LogP contribution >= 0.6 is 0 Å². The van der Waals surface area contributed by atoms with Gasteiger partial charge < -0.3 is 41.4 Å². The summed E-state index contributed by atoms with van der Waals surface area (Å²) in [6, 6.07) is 33.8. The summed E-state index contributed by atoms with van der Waals surface area (Å²) in [5.41, 5.74) is 20.8. The van der Waals surface area contributed by atoms with Gasteiger partial charge in [-0.25, -0.2) is 0 Å². The first-order valence-electron chi connectivity index (χ1n) is 34.1. The Labute approximate surface area is 559 Å². The second-order valence-corrected chi connectivity index (χ2v) is 29.0. The molecule has 0 bridgehead atoms. The largest absolute Gasteiger partial charge is 0.456 e. The summed E-state index contributed by atoms with van der Waals surface area (Å²) in [5.74, 6) is 1.18. The fraction of sp³-hybridized carbons (Fsp3) is 0.383. The number of carbonyl (C=O) groups is 4. The van der Waals surface area contributed by atoms with Gasteiger partial charge in [0.1, 0.15) is 11.5 Å². The van der Waals surface area contributed by atoms with Crippen molar-refractivity contribution in [2.24, 2.45) is 9.98 Å². The van der Waals surface area contributed by atoms with Crippen molar-refractivity contribution in [3.8, 4) is 11.5 Å². The van der Waals surface area contributed by atoms with Gasteiger partial charge in [0, 0.05) is 112 Å². The predicted molar refractivity (Wildman–Crippen MR) is 383 cm³/mol. The molecule has 0 fully saturated rings. The van der Waals surface area contributed by atoms with E-state index in [0.29, 0.717) is 76.2 Å². The molecule has 14 nitrogen and oxygen atoms in total. The summed E-state index contributed by atoms with van der Waals surface area (Å²) < 4.78 is 12.4. The average Bonchev–Trinajstić information content (AvgIpc) is 0.736. The zero-order valence-corrected chi connectivity index (χ0v) is 57.5. The summed E-state index contributed by atoms with van der Waals surface area (Å²) in [6.45, 7) is 28.4. The van der Waals surface area contributed by atoms with E-state index in [4.69, 9.17) is 19.5 Å². The minimum atomic E-state index is -0.321. The maximum atomic E-state index is 13.4. The molecule has 5 heterocycles. The second-order valence-electron chi connectivity index (χ2n) is 29.0. The molecule has 12 rings (SSSR count). The molecule has 1 aliphatic carbocycles. The Balaban J connectivity index is 0.532. The summed E-state index contributed by atoms with van der Waals surface area (Å²) >= 11 is 0. The standard InChI is InChI=1S/C81H92N8O6/c1-48-44-78(5,6)86-66-36-56-35-57-37-67-59(49(2)45-79(7,8)87-67)39-63(57)74(62(56)38-58(48)66)52-21-25-54(26-22-52)76(92)84-29-17-13-15-19-72(90)82-31-33-94-34-32-83-73(91)20-16-14-18-30-85-77(93)55-27-23-53(24-28-55)75-64-40-60-50(3)46-80(9,10)88-68(60)42-70(64)95-71-43-69-61(41-65(71)75)51(4)47-81(11,12)89-69/h21-28,36-47,86,88H,13-20,29-35H2,1-12H3,(H,82,90)(H,83,91)(H,84,92)(H,85,93). The van der Waals surface area contributed by atoms with Gasteiger partial charge in [0.2, 0.25) is 11.8 Å². The smallest absolute Gasteiger partial charge is 0.251 e. The van der Waals surface area contributed by atoms with E-state index in [9.17, 15) is 19.2 Å². The van der Waals surface area contributed by atoms with Crippen LogP contribution in [0.4, 0.5) is 11.4 Å². The zero-order valence-electron chi connectivity index (χ0n) is 57.5. The van der Waals surface area contributed by atoms with Crippen LogP contribution in [0.15, 0.2) is 131 Å². The van der Waals surface area contributed by atoms with Crippen molar-refractivity contribution in [3.63, 3.8) is 0 Å². The Morgan fingerprint density at radius 1 is 0.453 bits per heavy atom. The molecule has 0 saturated carbocycles. The van der Waals surface area contributed by atoms with Crippen LogP contribution in [0.1, 0.15) is 211 Å². The predicted octanol–water partition coefficient (Wildman–Crippen LogP) is 12.6. The van der Waals surface area contributed by atoms with Crippen LogP contribution in [0.2, 0.25) is 0 Å². The van der Waals surface area contributed by atoms with Crippen LogP contribution in [0, 0.1) is 0 Å². The van der Waals surface area contributed by atoms with Crippen molar-refractivity contribution >= 4 is 68.4 Å². The maximum absolute atomic E-state index is 13.4. The van der Waals surface area contributed by atoms with Crippen LogP contribution in [0.5, 0.6) is 11.5 Å². The van der Waals surface area contributed by atoms with E-state index in [0.717, 1.165) is 110 Å². The van der Waals surface area contributed by atoms with Gasteiger partial charge in [-0.15, -0.1) is 0 Å². The molecule has 492 valence electrons. The van der Waals surface area contributed by atoms with Crippen molar-refractivity contribution in [1.29, 1.82) is 0 Å². The molecule has 14 heteroatoms. The third-order valence-electron chi connectivity index (χ3n) is 18.8. The Hall–Kier alpha value is -9.14.